The second kappa shape index (κ2) is 11.3. The van der Waals surface area contributed by atoms with Crippen LogP contribution in [0.5, 0.6) is 0 Å². The molecule has 1 aromatic heterocycles. The van der Waals surface area contributed by atoms with Crippen LogP contribution in [-0.2, 0) is 11.2 Å². The van der Waals surface area contributed by atoms with Crippen molar-refractivity contribution in [2.75, 3.05) is 12.3 Å². The minimum absolute atomic E-state index is 0.109. The SMILES string of the molecule is O=C(CSc1nnc(-c2ccccc2)c(-c2ccccc2)n1)NCCc1ccc(Cl)cc1Cl. The summed E-state index contributed by atoms with van der Waals surface area (Å²) in [5.41, 5.74) is 4.25. The number of aromatic nitrogens is 3. The van der Waals surface area contributed by atoms with E-state index in [0.29, 0.717) is 33.9 Å². The number of carbonyl (C=O) groups is 1. The van der Waals surface area contributed by atoms with Gasteiger partial charge >= 0.3 is 0 Å². The predicted octanol–water partition coefficient (Wildman–Crippen LogP) is 5.96. The number of hydrogen-bond acceptors (Lipinski definition) is 5. The van der Waals surface area contributed by atoms with Gasteiger partial charge in [-0.25, -0.2) is 4.98 Å². The van der Waals surface area contributed by atoms with Crippen molar-refractivity contribution in [2.24, 2.45) is 0 Å². The average molecular weight is 495 g/mol. The number of benzene rings is 3. The van der Waals surface area contributed by atoms with Crippen LogP contribution in [0.25, 0.3) is 22.5 Å². The van der Waals surface area contributed by atoms with Crippen LogP contribution in [-0.4, -0.2) is 33.4 Å². The summed E-state index contributed by atoms with van der Waals surface area (Å²) >= 11 is 13.4. The number of rotatable bonds is 8. The first-order valence-corrected chi connectivity index (χ1v) is 12.0. The largest absolute Gasteiger partial charge is 0.355 e. The van der Waals surface area contributed by atoms with Crippen molar-refractivity contribution in [2.45, 2.75) is 11.6 Å². The molecule has 33 heavy (non-hydrogen) atoms. The van der Waals surface area contributed by atoms with Crippen LogP contribution in [0.15, 0.2) is 84.0 Å². The van der Waals surface area contributed by atoms with Crippen molar-refractivity contribution < 1.29 is 4.79 Å². The molecular weight excluding hydrogens is 475 g/mol. The summed E-state index contributed by atoms with van der Waals surface area (Å²) in [5, 5.41) is 13.2. The predicted molar refractivity (Wildman–Crippen MR) is 135 cm³/mol. The Morgan fingerprint density at radius 3 is 2.18 bits per heavy atom. The van der Waals surface area contributed by atoms with Crippen molar-refractivity contribution in [3.05, 3.63) is 94.5 Å². The van der Waals surface area contributed by atoms with Gasteiger partial charge in [0.15, 0.2) is 0 Å². The Labute approximate surface area is 206 Å². The van der Waals surface area contributed by atoms with Gasteiger partial charge in [-0.05, 0) is 24.1 Å². The van der Waals surface area contributed by atoms with E-state index in [9.17, 15) is 4.79 Å². The standard InChI is InChI=1S/C25H20Cl2N4OS/c26-20-12-11-17(21(27)15-20)13-14-28-22(32)16-33-25-29-23(18-7-3-1-4-8-18)24(30-31-25)19-9-5-2-6-10-19/h1-12,15H,13-14,16H2,(H,28,32). The first-order valence-electron chi connectivity index (χ1n) is 10.3. The Hall–Kier alpha value is -2.93. The lowest BCUT2D eigenvalue weighted by molar-refractivity contribution is -0.118. The lowest BCUT2D eigenvalue weighted by Gasteiger charge is -2.10. The molecule has 1 amide bonds. The van der Waals surface area contributed by atoms with E-state index in [4.69, 9.17) is 28.2 Å². The first kappa shape index (κ1) is 23.2. The molecular formula is C25H20Cl2N4OS. The fourth-order valence-corrected chi connectivity index (χ4v) is 4.32. The number of hydrogen-bond donors (Lipinski definition) is 1. The molecule has 3 aromatic carbocycles. The van der Waals surface area contributed by atoms with Gasteiger partial charge < -0.3 is 5.32 Å². The summed E-state index contributed by atoms with van der Waals surface area (Å²) in [4.78, 5) is 17.0. The van der Waals surface area contributed by atoms with Crippen molar-refractivity contribution >= 4 is 40.9 Å². The molecule has 8 heteroatoms. The minimum Gasteiger partial charge on any atom is -0.355 e. The Balaban J connectivity index is 1.41. The van der Waals surface area contributed by atoms with E-state index < -0.39 is 0 Å². The van der Waals surface area contributed by atoms with Gasteiger partial charge in [-0.3, -0.25) is 4.79 Å². The van der Waals surface area contributed by atoms with Gasteiger partial charge in [0.05, 0.1) is 5.75 Å². The summed E-state index contributed by atoms with van der Waals surface area (Å²) in [6.45, 7) is 0.474. The van der Waals surface area contributed by atoms with Crippen LogP contribution in [0.3, 0.4) is 0 Å². The molecule has 0 bridgehead atoms. The molecule has 0 radical (unpaired) electrons. The lowest BCUT2D eigenvalue weighted by Crippen LogP contribution is -2.27. The molecule has 0 saturated carbocycles. The molecule has 5 nitrogen and oxygen atoms in total. The summed E-state index contributed by atoms with van der Waals surface area (Å²) in [6, 6.07) is 25.0. The van der Waals surface area contributed by atoms with E-state index in [1.165, 1.54) is 11.8 Å². The molecule has 166 valence electrons. The summed E-state index contributed by atoms with van der Waals surface area (Å²) < 4.78 is 0. The minimum atomic E-state index is -0.109. The summed E-state index contributed by atoms with van der Waals surface area (Å²) in [6.07, 6.45) is 0.619. The van der Waals surface area contributed by atoms with Gasteiger partial charge in [-0.1, -0.05) is 102 Å². The Kier molecular flexibility index (Phi) is 7.94. The number of carbonyl (C=O) groups excluding carboxylic acids is 1. The zero-order chi connectivity index (χ0) is 23.0. The maximum absolute atomic E-state index is 12.3. The monoisotopic (exact) mass is 494 g/mol. The third-order valence-corrected chi connectivity index (χ3v) is 6.25. The van der Waals surface area contributed by atoms with E-state index >= 15 is 0 Å². The van der Waals surface area contributed by atoms with Crippen LogP contribution >= 0.6 is 35.0 Å². The Morgan fingerprint density at radius 2 is 1.52 bits per heavy atom. The van der Waals surface area contributed by atoms with E-state index in [0.717, 1.165) is 22.4 Å². The highest BCUT2D eigenvalue weighted by Gasteiger charge is 2.14. The van der Waals surface area contributed by atoms with Gasteiger partial charge in [0.1, 0.15) is 11.4 Å². The normalized spacial score (nSPS) is 10.7. The highest BCUT2D eigenvalue weighted by atomic mass is 35.5. The highest BCUT2D eigenvalue weighted by Crippen LogP contribution is 2.29. The Bertz CT molecular complexity index is 1240. The number of nitrogens with one attached hydrogen (secondary N) is 1. The quantitative estimate of drug-likeness (QED) is 0.306. The van der Waals surface area contributed by atoms with Crippen LogP contribution in [0.4, 0.5) is 0 Å². The van der Waals surface area contributed by atoms with Crippen molar-refractivity contribution in [3.8, 4) is 22.5 Å². The van der Waals surface area contributed by atoms with Gasteiger partial charge in [-0.15, -0.1) is 10.2 Å². The van der Waals surface area contributed by atoms with Crippen LogP contribution < -0.4 is 5.32 Å². The third kappa shape index (κ3) is 6.32. The molecule has 0 unspecified atom stereocenters. The number of halogens is 2. The maximum atomic E-state index is 12.3. The highest BCUT2D eigenvalue weighted by molar-refractivity contribution is 7.99. The van der Waals surface area contributed by atoms with Gasteiger partial charge in [0, 0.05) is 27.7 Å². The van der Waals surface area contributed by atoms with Crippen molar-refractivity contribution in [3.63, 3.8) is 0 Å². The average Bonchev–Trinajstić information content (AvgIpc) is 2.85. The smallest absolute Gasteiger partial charge is 0.230 e. The zero-order valence-corrected chi connectivity index (χ0v) is 19.9. The maximum Gasteiger partial charge on any atom is 0.230 e. The first-order chi connectivity index (χ1) is 16.1. The van der Waals surface area contributed by atoms with Crippen LogP contribution in [0.1, 0.15) is 5.56 Å². The molecule has 0 saturated heterocycles. The van der Waals surface area contributed by atoms with Crippen molar-refractivity contribution in [1.29, 1.82) is 0 Å². The molecule has 0 atom stereocenters. The summed E-state index contributed by atoms with van der Waals surface area (Å²) in [7, 11) is 0. The second-order valence-corrected chi connectivity index (χ2v) is 8.93. The van der Waals surface area contributed by atoms with E-state index in [1.54, 1.807) is 12.1 Å². The fourth-order valence-electron chi connectivity index (χ4n) is 3.20. The van der Waals surface area contributed by atoms with Crippen LogP contribution in [0, 0.1) is 0 Å². The second-order valence-electron chi connectivity index (χ2n) is 7.15. The number of amides is 1. The molecule has 0 aliphatic rings. The molecule has 4 rings (SSSR count). The number of thioether (sulfide) groups is 1. The zero-order valence-electron chi connectivity index (χ0n) is 17.5. The molecule has 1 N–H and O–H groups in total. The van der Waals surface area contributed by atoms with Crippen LogP contribution in [0.2, 0.25) is 10.0 Å². The van der Waals surface area contributed by atoms with Gasteiger partial charge in [0.25, 0.3) is 0 Å². The summed E-state index contributed by atoms with van der Waals surface area (Å²) in [5.74, 6) is 0.0802. The van der Waals surface area contributed by atoms with E-state index in [1.807, 2.05) is 66.7 Å². The molecule has 1 heterocycles. The molecule has 0 fully saturated rings. The molecule has 4 aromatic rings. The molecule has 0 aliphatic carbocycles. The van der Waals surface area contributed by atoms with Gasteiger partial charge in [-0.2, -0.15) is 0 Å². The topological polar surface area (TPSA) is 67.8 Å². The fraction of sp³-hybridized carbons (Fsp3) is 0.120. The number of nitrogens with zero attached hydrogens (tertiary/aromatic N) is 3. The van der Waals surface area contributed by atoms with Gasteiger partial charge in [0.2, 0.25) is 11.1 Å². The molecule has 0 spiro atoms. The Morgan fingerprint density at radius 1 is 0.848 bits per heavy atom. The third-order valence-electron chi connectivity index (χ3n) is 4.83. The van der Waals surface area contributed by atoms with Crippen molar-refractivity contribution in [1.82, 2.24) is 20.5 Å². The lowest BCUT2D eigenvalue weighted by atomic mass is 10.0. The van der Waals surface area contributed by atoms with E-state index in [-0.39, 0.29) is 11.7 Å². The molecule has 0 aliphatic heterocycles. The van der Waals surface area contributed by atoms with E-state index in [2.05, 4.69) is 15.5 Å².